The fourth-order valence-electron chi connectivity index (χ4n) is 1.96. The first-order chi connectivity index (χ1) is 7.98. The molecule has 0 atom stereocenters. The highest BCUT2D eigenvalue weighted by Gasteiger charge is 2.28. The Morgan fingerprint density at radius 2 is 2.00 bits per heavy atom. The van der Waals surface area contributed by atoms with Crippen molar-refractivity contribution >= 4 is 11.7 Å². The van der Waals surface area contributed by atoms with E-state index in [4.69, 9.17) is 5.73 Å². The number of piperidine rings is 1. The number of nitrogen functional groups attached to an aromatic ring is 1. The Morgan fingerprint density at radius 3 is 2.59 bits per heavy atom. The van der Waals surface area contributed by atoms with Gasteiger partial charge in [-0.2, -0.15) is 0 Å². The molecule has 5 nitrogen and oxygen atoms in total. The van der Waals surface area contributed by atoms with Gasteiger partial charge in [0.1, 0.15) is 11.5 Å². The van der Waals surface area contributed by atoms with Gasteiger partial charge in [0, 0.05) is 13.1 Å². The maximum atomic E-state index is 12.1. The van der Waals surface area contributed by atoms with Crippen LogP contribution in [0.2, 0.25) is 0 Å². The second kappa shape index (κ2) is 4.31. The number of hydrogen-bond acceptors (Lipinski definition) is 4. The van der Waals surface area contributed by atoms with Crippen molar-refractivity contribution in [1.82, 2.24) is 14.9 Å². The highest BCUT2D eigenvalue weighted by molar-refractivity contribution is 5.92. The van der Waals surface area contributed by atoms with Crippen LogP contribution in [-0.4, -0.2) is 33.9 Å². The van der Waals surface area contributed by atoms with Crippen LogP contribution in [0.25, 0.3) is 0 Å². The molecule has 1 fully saturated rings. The third-order valence-electron chi connectivity index (χ3n) is 3.28. The third-order valence-corrected chi connectivity index (χ3v) is 3.28. The minimum absolute atomic E-state index is 0.0692. The van der Waals surface area contributed by atoms with E-state index in [9.17, 15) is 4.79 Å². The van der Waals surface area contributed by atoms with Gasteiger partial charge in [-0.05, 0) is 18.3 Å². The molecule has 0 aromatic carbocycles. The summed E-state index contributed by atoms with van der Waals surface area (Å²) in [5.74, 6) is 0.216. The molecule has 2 heterocycles. The summed E-state index contributed by atoms with van der Waals surface area (Å²) in [4.78, 5) is 21.9. The number of carbonyl (C=O) groups is 1. The van der Waals surface area contributed by atoms with Crippen molar-refractivity contribution in [2.24, 2.45) is 5.41 Å². The van der Waals surface area contributed by atoms with E-state index in [0.29, 0.717) is 11.1 Å². The number of nitrogens with two attached hydrogens (primary N) is 1. The van der Waals surface area contributed by atoms with E-state index in [-0.39, 0.29) is 11.7 Å². The SMILES string of the molecule is CC1(C)CCN(C(=O)c2cncc(N)n2)CC1. The Kier molecular flexibility index (Phi) is 3.00. The Balaban J connectivity index is 2.07. The first-order valence-corrected chi connectivity index (χ1v) is 5.85. The van der Waals surface area contributed by atoms with Gasteiger partial charge >= 0.3 is 0 Å². The highest BCUT2D eigenvalue weighted by Crippen LogP contribution is 2.30. The molecule has 0 saturated carbocycles. The second-order valence-corrected chi connectivity index (χ2v) is 5.29. The van der Waals surface area contributed by atoms with Crippen LogP contribution in [0.5, 0.6) is 0 Å². The molecule has 5 heteroatoms. The number of likely N-dealkylation sites (tertiary alicyclic amines) is 1. The van der Waals surface area contributed by atoms with E-state index >= 15 is 0 Å². The lowest BCUT2D eigenvalue weighted by Gasteiger charge is -2.36. The molecule has 0 bridgehead atoms. The number of rotatable bonds is 1. The van der Waals surface area contributed by atoms with Gasteiger partial charge < -0.3 is 10.6 Å². The number of aromatic nitrogens is 2. The summed E-state index contributed by atoms with van der Waals surface area (Å²) in [6, 6.07) is 0. The van der Waals surface area contributed by atoms with E-state index in [1.807, 2.05) is 4.90 Å². The van der Waals surface area contributed by atoms with Crippen LogP contribution in [0.4, 0.5) is 5.82 Å². The summed E-state index contributed by atoms with van der Waals surface area (Å²) in [6.45, 7) is 6.02. The van der Waals surface area contributed by atoms with E-state index in [2.05, 4.69) is 23.8 Å². The fourth-order valence-corrected chi connectivity index (χ4v) is 1.96. The highest BCUT2D eigenvalue weighted by atomic mass is 16.2. The van der Waals surface area contributed by atoms with Gasteiger partial charge in [-0.15, -0.1) is 0 Å². The van der Waals surface area contributed by atoms with Crippen LogP contribution in [0, 0.1) is 5.41 Å². The second-order valence-electron chi connectivity index (χ2n) is 5.29. The lowest BCUT2D eigenvalue weighted by molar-refractivity contribution is 0.0624. The van der Waals surface area contributed by atoms with Crippen LogP contribution in [0.3, 0.4) is 0 Å². The summed E-state index contributed by atoms with van der Waals surface area (Å²) in [6.07, 6.45) is 4.96. The minimum Gasteiger partial charge on any atom is -0.382 e. The molecule has 2 rings (SSSR count). The number of nitrogens with zero attached hydrogens (tertiary/aromatic N) is 3. The lowest BCUT2D eigenvalue weighted by atomic mass is 9.82. The number of carbonyl (C=O) groups excluding carboxylic acids is 1. The molecule has 0 radical (unpaired) electrons. The van der Waals surface area contributed by atoms with Gasteiger partial charge in [0.15, 0.2) is 0 Å². The minimum atomic E-state index is -0.0692. The van der Waals surface area contributed by atoms with Crippen molar-refractivity contribution in [1.29, 1.82) is 0 Å². The van der Waals surface area contributed by atoms with Crippen molar-refractivity contribution in [3.8, 4) is 0 Å². The van der Waals surface area contributed by atoms with E-state index in [1.54, 1.807) is 0 Å². The average molecular weight is 234 g/mol. The van der Waals surface area contributed by atoms with Gasteiger partial charge in [-0.1, -0.05) is 13.8 Å². The van der Waals surface area contributed by atoms with Gasteiger partial charge in [0.05, 0.1) is 12.4 Å². The van der Waals surface area contributed by atoms with Crippen LogP contribution in [-0.2, 0) is 0 Å². The normalized spacial score (nSPS) is 19.1. The van der Waals surface area contributed by atoms with Crippen molar-refractivity contribution < 1.29 is 4.79 Å². The van der Waals surface area contributed by atoms with E-state index in [0.717, 1.165) is 25.9 Å². The van der Waals surface area contributed by atoms with Gasteiger partial charge in [0.25, 0.3) is 5.91 Å². The zero-order valence-electron chi connectivity index (χ0n) is 10.3. The zero-order chi connectivity index (χ0) is 12.5. The molecule has 0 spiro atoms. The lowest BCUT2D eigenvalue weighted by Crippen LogP contribution is -2.41. The topological polar surface area (TPSA) is 72.1 Å². The van der Waals surface area contributed by atoms with E-state index < -0.39 is 0 Å². The predicted molar refractivity (Wildman–Crippen MR) is 65.4 cm³/mol. The molecular weight excluding hydrogens is 216 g/mol. The predicted octanol–water partition coefficient (Wildman–Crippen LogP) is 1.32. The Hall–Kier alpha value is -1.65. The molecule has 1 amide bonds. The summed E-state index contributed by atoms with van der Waals surface area (Å²) in [5.41, 5.74) is 6.19. The molecule has 1 aliphatic rings. The molecular formula is C12H18N4O. The van der Waals surface area contributed by atoms with E-state index in [1.165, 1.54) is 12.4 Å². The molecule has 0 unspecified atom stereocenters. The van der Waals surface area contributed by atoms with Crippen LogP contribution >= 0.6 is 0 Å². The summed E-state index contributed by atoms with van der Waals surface area (Å²) in [5, 5.41) is 0. The van der Waals surface area contributed by atoms with Crippen LogP contribution in [0.1, 0.15) is 37.2 Å². The maximum Gasteiger partial charge on any atom is 0.274 e. The van der Waals surface area contributed by atoms with Gasteiger partial charge in [-0.25, -0.2) is 4.98 Å². The largest absolute Gasteiger partial charge is 0.382 e. The molecule has 1 aliphatic heterocycles. The summed E-state index contributed by atoms with van der Waals surface area (Å²) < 4.78 is 0. The molecule has 2 N–H and O–H groups in total. The van der Waals surface area contributed by atoms with Crippen molar-refractivity contribution in [3.05, 3.63) is 18.1 Å². The maximum absolute atomic E-state index is 12.1. The fraction of sp³-hybridized carbons (Fsp3) is 0.583. The Labute approximate surface area is 101 Å². The molecule has 0 aliphatic carbocycles. The average Bonchev–Trinajstić information content (AvgIpc) is 2.28. The Bertz CT molecular complexity index is 420. The smallest absolute Gasteiger partial charge is 0.274 e. The molecule has 1 aromatic rings. The first-order valence-electron chi connectivity index (χ1n) is 5.85. The number of amides is 1. The quantitative estimate of drug-likeness (QED) is 0.795. The van der Waals surface area contributed by atoms with Crippen molar-refractivity contribution in [2.75, 3.05) is 18.8 Å². The number of anilines is 1. The van der Waals surface area contributed by atoms with Crippen molar-refractivity contribution in [3.63, 3.8) is 0 Å². The summed E-state index contributed by atoms with van der Waals surface area (Å²) >= 11 is 0. The van der Waals surface area contributed by atoms with Crippen LogP contribution in [0.15, 0.2) is 12.4 Å². The Morgan fingerprint density at radius 1 is 1.35 bits per heavy atom. The molecule has 92 valence electrons. The monoisotopic (exact) mass is 234 g/mol. The van der Waals surface area contributed by atoms with Crippen LogP contribution < -0.4 is 5.73 Å². The zero-order valence-corrected chi connectivity index (χ0v) is 10.3. The molecule has 17 heavy (non-hydrogen) atoms. The third kappa shape index (κ3) is 2.72. The van der Waals surface area contributed by atoms with Gasteiger partial charge in [0.2, 0.25) is 0 Å². The number of hydrogen-bond donors (Lipinski definition) is 1. The molecule has 1 aromatic heterocycles. The standard InChI is InChI=1S/C12H18N4O/c1-12(2)3-5-16(6-4-12)11(17)9-7-14-8-10(13)15-9/h7-8H,3-6H2,1-2H3,(H2,13,15). The summed E-state index contributed by atoms with van der Waals surface area (Å²) in [7, 11) is 0. The van der Waals surface area contributed by atoms with Crippen molar-refractivity contribution in [2.45, 2.75) is 26.7 Å². The first kappa shape index (κ1) is 11.8. The molecule has 1 saturated heterocycles. The van der Waals surface area contributed by atoms with Gasteiger partial charge in [-0.3, -0.25) is 9.78 Å².